The normalized spacial score (nSPS) is 11.8. The van der Waals surface area contributed by atoms with E-state index in [2.05, 4.69) is 20.1 Å². The van der Waals surface area contributed by atoms with Crippen LogP contribution in [0.15, 0.2) is 41.5 Å². The number of fused-ring (bicyclic) bond motifs is 1. The van der Waals surface area contributed by atoms with Crippen LogP contribution in [0.4, 0.5) is 8.78 Å². The third kappa shape index (κ3) is 3.33. The summed E-state index contributed by atoms with van der Waals surface area (Å²) in [4.78, 5) is 16.8. The summed E-state index contributed by atoms with van der Waals surface area (Å²) in [6.07, 6.45) is 0. The minimum Gasteiger partial charge on any atom is -0.329 e. The van der Waals surface area contributed by atoms with Crippen molar-refractivity contribution in [3.8, 4) is 0 Å². The number of hydrazone groups is 1. The summed E-state index contributed by atoms with van der Waals surface area (Å²) < 4.78 is 28.3. The number of hydrogen-bond donors (Lipinski definition) is 1. The van der Waals surface area contributed by atoms with Crippen molar-refractivity contribution in [2.45, 2.75) is 27.3 Å². The predicted molar refractivity (Wildman–Crippen MR) is 96.2 cm³/mol. The first-order chi connectivity index (χ1) is 12.4. The highest BCUT2D eigenvalue weighted by Crippen LogP contribution is 2.18. The molecule has 1 heterocycles. The van der Waals surface area contributed by atoms with Crippen molar-refractivity contribution in [1.82, 2.24) is 15.0 Å². The molecule has 1 aromatic heterocycles. The van der Waals surface area contributed by atoms with E-state index in [0.717, 1.165) is 35.5 Å². The molecule has 0 aliphatic rings. The van der Waals surface area contributed by atoms with E-state index in [1.165, 1.54) is 6.07 Å². The number of hydrogen-bond acceptors (Lipinski definition) is 3. The Morgan fingerprint density at radius 3 is 2.58 bits per heavy atom. The molecule has 0 radical (unpaired) electrons. The lowest BCUT2D eigenvalue weighted by Crippen LogP contribution is -2.19. The lowest BCUT2D eigenvalue weighted by atomic mass is 10.1. The van der Waals surface area contributed by atoms with Crippen molar-refractivity contribution in [3.05, 3.63) is 65.0 Å². The fourth-order valence-corrected chi connectivity index (χ4v) is 2.78. The fraction of sp³-hybridized carbons (Fsp3) is 0.211. The van der Waals surface area contributed by atoms with Crippen LogP contribution in [-0.2, 0) is 6.54 Å². The van der Waals surface area contributed by atoms with E-state index in [1.54, 1.807) is 19.1 Å². The quantitative estimate of drug-likeness (QED) is 0.571. The topological polar surface area (TPSA) is 59.3 Å². The molecule has 0 saturated heterocycles. The van der Waals surface area contributed by atoms with Gasteiger partial charge in [-0.15, -0.1) is 0 Å². The molecule has 0 unspecified atom stereocenters. The van der Waals surface area contributed by atoms with Gasteiger partial charge < -0.3 is 4.57 Å². The first kappa shape index (κ1) is 17.7. The number of carbonyl (C=O) groups excluding carboxylic acids is 1. The molecule has 0 saturated carbocycles. The van der Waals surface area contributed by atoms with Gasteiger partial charge in [-0.3, -0.25) is 4.79 Å². The van der Waals surface area contributed by atoms with Crippen molar-refractivity contribution in [3.63, 3.8) is 0 Å². The van der Waals surface area contributed by atoms with Crippen LogP contribution in [0.25, 0.3) is 11.0 Å². The zero-order valence-electron chi connectivity index (χ0n) is 14.7. The van der Waals surface area contributed by atoms with Crippen molar-refractivity contribution >= 4 is 22.7 Å². The van der Waals surface area contributed by atoms with Crippen LogP contribution in [-0.4, -0.2) is 21.2 Å². The monoisotopic (exact) mass is 356 g/mol. The molecular weight excluding hydrogens is 338 g/mol. The second kappa shape index (κ2) is 7.03. The summed E-state index contributed by atoms with van der Waals surface area (Å²) in [5.41, 5.74) is 5.29. The first-order valence-electron chi connectivity index (χ1n) is 8.17. The Balaban J connectivity index is 1.81. The molecule has 134 valence electrons. The summed E-state index contributed by atoms with van der Waals surface area (Å²) in [5.74, 6) is -1.42. The molecule has 2 aromatic carbocycles. The molecule has 5 nitrogen and oxygen atoms in total. The van der Waals surface area contributed by atoms with E-state index in [0.29, 0.717) is 16.8 Å². The molecule has 0 atom stereocenters. The maximum absolute atomic E-state index is 13.3. The van der Waals surface area contributed by atoms with E-state index in [4.69, 9.17) is 0 Å². The highest BCUT2D eigenvalue weighted by Gasteiger charge is 2.11. The summed E-state index contributed by atoms with van der Waals surface area (Å²) in [6.45, 7) is 6.34. The maximum Gasteiger partial charge on any atom is 0.271 e. The maximum atomic E-state index is 13.3. The van der Waals surface area contributed by atoms with E-state index in [1.807, 2.05) is 19.9 Å². The minimum atomic E-state index is -0.962. The number of rotatable bonds is 4. The fourth-order valence-electron chi connectivity index (χ4n) is 2.78. The SMILES string of the molecule is CCn1c(C)nc2cc(C(=O)N/N=C(/C)c3ccc(F)c(F)c3)ccc21. The number of aromatic nitrogens is 2. The molecular formula is C19H18F2N4O. The number of amides is 1. The van der Waals surface area contributed by atoms with Gasteiger partial charge in [0.2, 0.25) is 0 Å². The molecule has 1 N–H and O–H groups in total. The van der Waals surface area contributed by atoms with Crippen LogP contribution in [0.3, 0.4) is 0 Å². The van der Waals surface area contributed by atoms with Gasteiger partial charge in [-0.2, -0.15) is 5.10 Å². The van der Waals surface area contributed by atoms with E-state index in [-0.39, 0.29) is 0 Å². The summed E-state index contributed by atoms with van der Waals surface area (Å²) in [5, 5.41) is 3.96. The molecule has 0 bridgehead atoms. The van der Waals surface area contributed by atoms with Gasteiger partial charge in [0.25, 0.3) is 5.91 Å². The molecule has 0 fully saturated rings. The number of imidazole rings is 1. The van der Waals surface area contributed by atoms with Crippen molar-refractivity contribution in [2.75, 3.05) is 0 Å². The summed E-state index contributed by atoms with van der Waals surface area (Å²) in [6, 6.07) is 8.70. The number of benzene rings is 2. The van der Waals surface area contributed by atoms with Crippen molar-refractivity contribution in [2.24, 2.45) is 5.10 Å². The van der Waals surface area contributed by atoms with Crippen LogP contribution in [0, 0.1) is 18.6 Å². The number of carbonyl (C=O) groups is 1. The van der Waals surface area contributed by atoms with E-state index < -0.39 is 17.5 Å². The molecule has 26 heavy (non-hydrogen) atoms. The lowest BCUT2D eigenvalue weighted by Gasteiger charge is -2.05. The van der Waals surface area contributed by atoms with Crippen molar-refractivity contribution < 1.29 is 13.6 Å². The van der Waals surface area contributed by atoms with Crippen LogP contribution in [0.5, 0.6) is 0 Å². The third-order valence-electron chi connectivity index (χ3n) is 4.18. The molecule has 0 spiro atoms. The first-order valence-corrected chi connectivity index (χ1v) is 8.17. The Kier molecular flexibility index (Phi) is 4.79. The lowest BCUT2D eigenvalue weighted by molar-refractivity contribution is 0.0955. The van der Waals surface area contributed by atoms with Gasteiger partial charge in [0.15, 0.2) is 11.6 Å². The number of nitrogens with zero attached hydrogens (tertiary/aromatic N) is 3. The Hall–Kier alpha value is -3.09. The van der Waals surface area contributed by atoms with Crippen LogP contribution < -0.4 is 5.43 Å². The van der Waals surface area contributed by atoms with Crippen molar-refractivity contribution in [1.29, 1.82) is 0 Å². The highest BCUT2D eigenvalue weighted by atomic mass is 19.2. The Morgan fingerprint density at radius 1 is 1.15 bits per heavy atom. The van der Waals surface area contributed by atoms with Gasteiger partial charge in [-0.25, -0.2) is 19.2 Å². The molecule has 1 amide bonds. The van der Waals surface area contributed by atoms with Gasteiger partial charge in [-0.05, 0) is 57.2 Å². The molecule has 0 aliphatic carbocycles. The second-order valence-corrected chi connectivity index (χ2v) is 5.87. The van der Waals surface area contributed by atoms with Crippen LogP contribution >= 0.6 is 0 Å². The molecule has 3 aromatic rings. The van der Waals surface area contributed by atoms with Gasteiger partial charge in [0.1, 0.15) is 5.82 Å². The zero-order chi connectivity index (χ0) is 18.8. The third-order valence-corrected chi connectivity index (χ3v) is 4.18. The number of halogens is 2. The molecule has 3 rings (SSSR count). The largest absolute Gasteiger partial charge is 0.329 e. The summed E-state index contributed by atoms with van der Waals surface area (Å²) >= 11 is 0. The van der Waals surface area contributed by atoms with Crippen LogP contribution in [0.2, 0.25) is 0 Å². The predicted octanol–water partition coefficient (Wildman–Crippen LogP) is 3.80. The smallest absolute Gasteiger partial charge is 0.271 e. The van der Waals surface area contributed by atoms with Gasteiger partial charge >= 0.3 is 0 Å². The molecule has 0 aliphatic heterocycles. The number of aryl methyl sites for hydroxylation is 2. The Morgan fingerprint density at radius 2 is 1.88 bits per heavy atom. The van der Waals surface area contributed by atoms with E-state index >= 15 is 0 Å². The summed E-state index contributed by atoms with van der Waals surface area (Å²) in [7, 11) is 0. The second-order valence-electron chi connectivity index (χ2n) is 5.87. The average molecular weight is 356 g/mol. The van der Waals surface area contributed by atoms with Gasteiger partial charge in [-0.1, -0.05) is 0 Å². The van der Waals surface area contributed by atoms with E-state index in [9.17, 15) is 13.6 Å². The minimum absolute atomic E-state index is 0.365. The Labute approximate surface area is 149 Å². The van der Waals surface area contributed by atoms with Gasteiger partial charge in [0.05, 0.1) is 16.7 Å². The Bertz CT molecular complexity index is 1020. The van der Waals surface area contributed by atoms with Crippen LogP contribution in [0.1, 0.15) is 35.6 Å². The average Bonchev–Trinajstić information content (AvgIpc) is 2.95. The zero-order valence-corrected chi connectivity index (χ0v) is 14.7. The van der Waals surface area contributed by atoms with Gasteiger partial charge in [0, 0.05) is 17.7 Å². The highest BCUT2D eigenvalue weighted by molar-refractivity contribution is 6.01. The number of nitrogens with one attached hydrogen (secondary N) is 1. The molecule has 7 heteroatoms. The standard InChI is InChI=1S/C19H18F2N4O/c1-4-25-12(3)22-17-10-14(6-8-18(17)25)19(26)24-23-11(2)13-5-7-15(20)16(21)9-13/h5-10H,4H2,1-3H3,(H,24,26)/b23-11-.